The summed E-state index contributed by atoms with van der Waals surface area (Å²) < 4.78 is 7.66. The first-order valence-corrected chi connectivity index (χ1v) is 11.5. The molecular formula is C23H25ClN4O5. The molecule has 1 aliphatic carbocycles. The van der Waals surface area contributed by atoms with Crippen LogP contribution in [-0.4, -0.2) is 45.5 Å². The number of nitrogens with one attached hydrogen (secondary N) is 2. The van der Waals surface area contributed by atoms with E-state index in [0.29, 0.717) is 22.8 Å². The van der Waals surface area contributed by atoms with Gasteiger partial charge in [-0.05, 0) is 57.0 Å². The number of nitrogens with zero attached hydrogens (tertiary/aromatic N) is 2. The van der Waals surface area contributed by atoms with Crippen LogP contribution in [0.4, 0.5) is 0 Å². The van der Waals surface area contributed by atoms with Gasteiger partial charge < -0.3 is 10.1 Å². The Balaban J connectivity index is 1.44. The number of amides is 2. The second-order valence-corrected chi connectivity index (χ2v) is 9.47. The van der Waals surface area contributed by atoms with Crippen LogP contribution in [0.3, 0.4) is 0 Å². The van der Waals surface area contributed by atoms with Crippen LogP contribution in [0.2, 0.25) is 5.02 Å². The molecule has 2 aliphatic heterocycles. The van der Waals surface area contributed by atoms with Gasteiger partial charge in [-0.25, -0.2) is 4.79 Å². The number of carbonyl (C=O) groups excluding carboxylic acids is 2. The van der Waals surface area contributed by atoms with Crippen molar-refractivity contribution < 1.29 is 14.3 Å². The van der Waals surface area contributed by atoms with Crippen LogP contribution in [0.25, 0.3) is 0 Å². The monoisotopic (exact) mass is 472 g/mol. The minimum Gasteiger partial charge on any atom is -0.490 e. The Morgan fingerprint density at radius 2 is 1.73 bits per heavy atom. The largest absolute Gasteiger partial charge is 0.490 e. The number of hydrogen-bond donors (Lipinski definition) is 2. The van der Waals surface area contributed by atoms with Crippen molar-refractivity contribution in [1.29, 1.82) is 0 Å². The van der Waals surface area contributed by atoms with E-state index in [1.807, 2.05) is 13.0 Å². The van der Waals surface area contributed by atoms with Crippen molar-refractivity contribution >= 4 is 23.4 Å². The molecule has 1 aromatic carbocycles. The van der Waals surface area contributed by atoms with Crippen LogP contribution in [0.15, 0.2) is 27.9 Å². The molecule has 2 saturated heterocycles. The molecule has 2 unspecified atom stereocenters. The van der Waals surface area contributed by atoms with Gasteiger partial charge in [0.1, 0.15) is 11.9 Å². The van der Waals surface area contributed by atoms with Gasteiger partial charge in [0, 0.05) is 16.8 Å². The number of imide groups is 1. The maximum Gasteiger partial charge on any atom is 0.328 e. The third-order valence-electron chi connectivity index (χ3n) is 6.60. The first-order chi connectivity index (χ1) is 15.8. The fraction of sp³-hybridized carbons (Fsp3) is 0.478. The number of H-pyrrole nitrogens is 1. The highest BCUT2D eigenvalue weighted by Crippen LogP contribution is 2.47. The number of likely N-dealkylation sites (tertiary alicyclic amines) is 1. The lowest BCUT2D eigenvalue weighted by atomic mass is 10.1. The number of piperidine rings is 2. The van der Waals surface area contributed by atoms with Gasteiger partial charge in [-0.3, -0.25) is 28.8 Å². The molecule has 174 valence electrons. The van der Waals surface area contributed by atoms with E-state index in [1.165, 1.54) is 10.8 Å². The number of fused-ring (bicyclic) bond motifs is 1. The Labute approximate surface area is 194 Å². The van der Waals surface area contributed by atoms with Crippen LogP contribution >= 0.6 is 11.6 Å². The van der Waals surface area contributed by atoms with E-state index >= 15 is 0 Å². The lowest BCUT2D eigenvalue weighted by molar-refractivity contribution is -0.142. The molecule has 1 aromatic heterocycles. The van der Waals surface area contributed by atoms with E-state index in [4.69, 9.17) is 16.3 Å². The average molecular weight is 473 g/mol. The number of aryl methyl sites for hydroxylation is 1. The number of aromatic nitrogens is 2. The van der Waals surface area contributed by atoms with E-state index < -0.39 is 11.2 Å². The molecule has 3 aliphatic rings. The molecule has 5 rings (SSSR count). The molecule has 0 radical (unpaired) electrons. The Kier molecular flexibility index (Phi) is 5.62. The fourth-order valence-corrected chi connectivity index (χ4v) is 5.00. The topological polar surface area (TPSA) is 114 Å². The summed E-state index contributed by atoms with van der Waals surface area (Å²) in [7, 11) is 0. The number of rotatable bonds is 6. The molecule has 0 spiro atoms. The predicted molar refractivity (Wildman–Crippen MR) is 120 cm³/mol. The number of hydrogen-bond acceptors (Lipinski definition) is 6. The number of ether oxygens (including phenoxy) is 1. The molecule has 3 heterocycles. The van der Waals surface area contributed by atoms with E-state index in [9.17, 15) is 19.2 Å². The molecule has 3 fully saturated rings. The van der Waals surface area contributed by atoms with Gasteiger partial charge in [0.15, 0.2) is 0 Å². The second kappa shape index (κ2) is 8.46. The van der Waals surface area contributed by atoms with Gasteiger partial charge in [-0.15, -0.1) is 0 Å². The highest BCUT2D eigenvalue weighted by Gasteiger charge is 2.58. The van der Waals surface area contributed by atoms with Gasteiger partial charge >= 0.3 is 5.69 Å². The minimum atomic E-state index is -0.606. The molecule has 0 bridgehead atoms. The van der Waals surface area contributed by atoms with Crippen molar-refractivity contribution in [2.24, 2.45) is 11.8 Å². The van der Waals surface area contributed by atoms with E-state index in [-0.39, 0.29) is 48.4 Å². The molecule has 2 amide bonds. The van der Waals surface area contributed by atoms with Crippen LogP contribution in [0, 0.1) is 18.8 Å². The third kappa shape index (κ3) is 4.22. The first-order valence-electron chi connectivity index (χ1n) is 11.2. The molecule has 33 heavy (non-hydrogen) atoms. The maximum atomic E-state index is 12.6. The molecule has 1 saturated carbocycles. The van der Waals surface area contributed by atoms with E-state index in [2.05, 4.69) is 10.3 Å². The fourth-order valence-electron chi connectivity index (χ4n) is 4.71. The normalized spacial score (nSPS) is 22.5. The summed E-state index contributed by atoms with van der Waals surface area (Å²) >= 11 is 6.30. The third-order valence-corrected chi connectivity index (χ3v) is 6.82. The van der Waals surface area contributed by atoms with Crippen LogP contribution in [0.5, 0.6) is 5.75 Å². The Morgan fingerprint density at radius 3 is 2.42 bits per heavy atom. The standard InChI is InChI=1S/C23H25ClN4O5/c1-12-6-15(24)7-13(19(12)33-16-2-4-25-5-3-16)9-27-10-14(20(29)26-23(27)32)11-28-21(30)17-8-18(17)22(28)31/h6-7,10,16-18,25H,2-5,8-9,11H2,1H3,(H,26,29,32). The lowest BCUT2D eigenvalue weighted by Crippen LogP contribution is -2.38. The summed E-state index contributed by atoms with van der Waals surface area (Å²) in [5, 5.41) is 3.83. The number of aromatic amines is 1. The Bertz CT molecular complexity index is 1230. The van der Waals surface area contributed by atoms with Crippen LogP contribution in [-0.2, 0) is 22.7 Å². The van der Waals surface area contributed by atoms with Gasteiger partial charge in [-0.2, -0.15) is 0 Å². The smallest absolute Gasteiger partial charge is 0.328 e. The zero-order chi connectivity index (χ0) is 23.3. The van der Waals surface area contributed by atoms with Gasteiger partial charge in [-0.1, -0.05) is 11.6 Å². The summed E-state index contributed by atoms with van der Waals surface area (Å²) in [6.45, 7) is 3.64. The van der Waals surface area contributed by atoms with Crippen molar-refractivity contribution in [3.63, 3.8) is 0 Å². The summed E-state index contributed by atoms with van der Waals surface area (Å²) in [6.07, 6.45) is 3.83. The zero-order valence-corrected chi connectivity index (χ0v) is 19.0. The Hall–Kier alpha value is -2.91. The highest BCUT2D eigenvalue weighted by atomic mass is 35.5. The summed E-state index contributed by atoms with van der Waals surface area (Å²) in [4.78, 5) is 53.0. The van der Waals surface area contributed by atoms with E-state index in [1.54, 1.807) is 6.07 Å². The summed E-state index contributed by atoms with van der Waals surface area (Å²) in [5.74, 6) is -0.301. The summed E-state index contributed by atoms with van der Waals surface area (Å²) in [6, 6.07) is 3.57. The van der Waals surface area contributed by atoms with Crippen molar-refractivity contribution in [1.82, 2.24) is 19.8 Å². The average Bonchev–Trinajstić information content (AvgIpc) is 3.54. The van der Waals surface area contributed by atoms with Crippen LogP contribution < -0.4 is 21.3 Å². The van der Waals surface area contributed by atoms with Crippen molar-refractivity contribution in [3.8, 4) is 5.75 Å². The molecular weight excluding hydrogens is 448 g/mol. The second-order valence-electron chi connectivity index (χ2n) is 9.03. The zero-order valence-electron chi connectivity index (χ0n) is 18.2. The lowest BCUT2D eigenvalue weighted by Gasteiger charge is -2.26. The molecule has 2 atom stereocenters. The van der Waals surface area contributed by atoms with Gasteiger partial charge in [0.2, 0.25) is 11.8 Å². The maximum absolute atomic E-state index is 12.6. The molecule has 9 nitrogen and oxygen atoms in total. The first kappa shape index (κ1) is 21.9. The van der Waals surface area contributed by atoms with Crippen molar-refractivity contribution in [2.45, 2.75) is 45.4 Å². The number of carbonyl (C=O) groups is 2. The summed E-state index contributed by atoms with van der Waals surface area (Å²) in [5.41, 5.74) is 0.564. The number of halogens is 1. The molecule has 2 N–H and O–H groups in total. The molecule has 10 heteroatoms. The quantitative estimate of drug-likeness (QED) is 0.610. The van der Waals surface area contributed by atoms with Crippen molar-refractivity contribution in [3.05, 3.63) is 60.9 Å². The van der Waals surface area contributed by atoms with E-state index in [0.717, 1.165) is 36.4 Å². The predicted octanol–water partition coefficient (Wildman–Crippen LogP) is 1.18. The highest BCUT2D eigenvalue weighted by molar-refractivity contribution is 6.30. The number of benzene rings is 1. The molecule has 2 aromatic rings. The Morgan fingerprint density at radius 1 is 1.03 bits per heavy atom. The minimum absolute atomic E-state index is 0.0614. The van der Waals surface area contributed by atoms with Gasteiger partial charge in [0.05, 0.1) is 30.5 Å². The van der Waals surface area contributed by atoms with Crippen molar-refractivity contribution in [2.75, 3.05) is 13.1 Å². The van der Waals surface area contributed by atoms with Gasteiger partial charge in [0.25, 0.3) is 5.56 Å². The van der Waals surface area contributed by atoms with Crippen LogP contribution in [0.1, 0.15) is 36.0 Å². The SMILES string of the molecule is Cc1cc(Cl)cc(Cn2cc(CN3C(=O)C4CC4C3=O)c(=O)[nH]c2=O)c1OC1CCNCC1.